The van der Waals surface area contributed by atoms with Gasteiger partial charge in [-0.2, -0.15) is 0 Å². The van der Waals surface area contributed by atoms with Crippen LogP contribution < -0.4 is 25.4 Å². The molecule has 1 aromatic heterocycles. The van der Waals surface area contributed by atoms with Crippen LogP contribution in [-0.4, -0.2) is 30.2 Å². The Kier molecular flexibility index (Phi) is 6.82. The van der Waals surface area contributed by atoms with Crippen LogP contribution >= 0.6 is 12.2 Å². The number of pyridine rings is 1. The minimum atomic E-state index is -0.269. The summed E-state index contributed by atoms with van der Waals surface area (Å²) in [5.41, 5.74) is 2.96. The number of methoxy groups -OCH3 is 1. The van der Waals surface area contributed by atoms with Crippen molar-refractivity contribution < 1.29 is 14.3 Å². The second-order valence-corrected chi connectivity index (χ2v) is 6.75. The SMILES string of the molecule is CNC(=O)c1cc(Oc2ccc(NC(=S)Nc3ccc(OC)cc3)c(C)c2)ccn1. The summed E-state index contributed by atoms with van der Waals surface area (Å²) >= 11 is 5.40. The normalized spacial score (nSPS) is 10.1. The lowest BCUT2D eigenvalue weighted by molar-refractivity contribution is 0.0958. The molecule has 0 saturated heterocycles. The zero-order valence-corrected chi connectivity index (χ0v) is 17.7. The molecule has 3 aromatic rings. The zero-order chi connectivity index (χ0) is 21.5. The number of nitrogens with zero attached hydrogens (tertiary/aromatic N) is 1. The molecule has 154 valence electrons. The fraction of sp³-hybridized carbons (Fsp3) is 0.136. The highest BCUT2D eigenvalue weighted by molar-refractivity contribution is 7.80. The van der Waals surface area contributed by atoms with Crippen LogP contribution in [0.15, 0.2) is 60.8 Å². The van der Waals surface area contributed by atoms with E-state index in [-0.39, 0.29) is 5.91 Å². The molecule has 1 amide bonds. The van der Waals surface area contributed by atoms with Crippen LogP contribution in [-0.2, 0) is 0 Å². The molecule has 0 atom stereocenters. The van der Waals surface area contributed by atoms with E-state index >= 15 is 0 Å². The molecule has 0 aliphatic heterocycles. The van der Waals surface area contributed by atoms with Gasteiger partial charge in [-0.25, -0.2) is 0 Å². The maximum absolute atomic E-state index is 11.7. The Morgan fingerprint density at radius 3 is 2.33 bits per heavy atom. The van der Waals surface area contributed by atoms with Gasteiger partial charge in [-0.1, -0.05) is 0 Å². The van der Waals surface area contributed by atoms with Crippen molar-refractivity contribution in [2.75, 3.05) is 24.8 Å². The quantitative estimate of drug-likeness (QED) is 0.509. The summed E-state index contributed by atoms with van der Waals surface area (Å²) in [4.78, 5) is 15.8. The van der Waals surface area contributed by atoms with Crippen molar-refractivity contribution in [3.8, 4) is 17.2 Å². The minimum Gasteiger partial charge on any atom is -0.497 e. The average molecular weight is 423 g/mol. The number of nitrogens with one attached hydrogen (secondary N) is 3. The van der Waals surface area contributed by atoms with Crippen LogP contribution in [0.1, 0.15) is 16.1 Å². The third-order valence-corrected chi connectivity index (χ3v) is 4.42. The Labute approximate surface area is 180 Å². The summed E-state index contributed by atoms with van der Waals surface area (Å²) in [5.74, 6) is 1.68. The lowest BCUT2D eigenvalue weighted by atomic mass is 10.2. The van der Waals surface area contributed by atoms with E-state index in [1.54, 1.807) is 26.3 Å². The molecule has 0 bridgehead atoms. The molecule has 0 aliphatic carbocycles. The Hall–Kier alpha value is -3.65. The van der Waals surface area contributed by atoms with Gasteiger partial charge < -0.3 is 25.4 Å². The first-order valence-electron chi connectivity index (χ1n) is 9.17. The fourth-order valence-electron chi connectivity index (χ4n) is 2.66. The predicted molar refractivity (Wildman–Crippen MR) is 122 cm³/mol. The van der Waals surface area contributed by atoms with Crippen molar-refractivity contribution in [2.45, 2.75) is 6.92 Å². The molecule has 0 spiro atoms. The third kappa shape index (κ3) is 5.45. The molecule has 0 fully saturated rings. The van der Waals surface area contributed by atoms with Crippen molar-refractivity contribution in [3.63, 3.8) is 0 Å². The Morgan fingerprint density at radius 2 is 1.67 bits per heavy atom. The monoisotopic (exact) mass is 422 g/mol. The molecular formula is C22H22N4O3S. The molecule has 8 heteroatoms. The van der Waals surface area contributed by atoms with Crippen molar-refractivity contribution in [2.24, 2.45) is 0 Å². The number of rotatable bonds is 6. The summed E-state index contributed by atoms with van der Waals surface area (Å²) in [6, 6.07) is 16.4. The molecule has 7 nitrogen and oxygen atoms in total. The smallest absolute Gasteiger partial charge is 0.269 e. The van der Waals surface area contributed by atoms with Gasteiger partial charge in [-0.05, 0) is 73.2 Å². The van der Waals surface area contributed by atoms with Crippen molar-refractivity contribution in [3.05, 3.63) is 72.1 Å². The highest BCUT2D eigenvalue weighted by Crippen LogP contribution is 2.26. The molecule has 0 radical (unpaired) electrons. The topological polar surface area (TPSA) is 84.5 Å². The van der Waals surface area contributed by atoms with Crippen molar-refractivity contribution in [1.82, 2.24) is 10.3 Å². The Bertz CT molecular complexity index is 1050. The third-order valence-electron chi connectivity index (χ3n) is 4.22. The minimum absolute atomic E-state index is 0.269. The van der Waals surface area contributed by atoms with E-state index in [9.17, 15) is 4.79 Å². The van der Waals surface area contributed by atoms with Gasteiger partial charge in [0.15, 0.2) is 5.11 Å². The van der Waals surface area contributed by atoms with E-state index in [0.717, 1.165) is 22.7 Å². The summed E-state index contributed by atoms with van der Waals surface area (Å²) in [6.07, 6.45) is 1.53. The van der Waals surface area contributed by atoms with Crippen LogP contribution in [0.25, 0.3) is 0 Å². The lowest BCUT2D eigenvalue weighted by Crippen LogP contribution is -2.19. The first-order valence-corrected chi connectivity index (χ1v) is 9.58. The standard InChI is InChI=1S/C22H22N4O3S/c1-14-12-17(29-18-10-11-24-20(13-18)21(27)23-2)8-9-19(14)26-22(30)25-15-4-6-16(28-3)7-5-15/h4-13H,1-3H3,(H,23,27)(H2,25,26,30). The summed E-state index contributed by atoms with van der Waals surface area (Å²) < 4.78 is 11.0. The van der Waals surface area contributed by atoms with Crippen LogP contribution in [0.5, 0.6) is 17.2 Å². The molecule has 30 heavy (non-hydrogen) atoms. The maximum atomic E-state index is 11.7. The number of carbonyl (C=O) groups is 1. The summed E-state index contributed by atoms with van der Waals surface area (Å²) in [7, 11) is 3.18. The number of hydrogen-bond acceptors (Lipinski definition) is 5. The highest BCUT2D eigenvalue weighted by Gasteiger charge is 2.08. The molecule has 2 aromatic carbocycles. The van der Waals surface area contributed by atoms with Gasteiger partial charge in [0.1, 0.15) is 22.9 Å². The van der Waals surface area contributed by atoms with Crippen LogP contribution in [0.4, 0.5) is 11.4 Å². The largest absolute Gasteiger partial charge is 0.497 e. The van der Waals surface area contributed by atoms with E-state index in [1.165, 1.54) is 6.20 Å². The molecule has 3 N–H and O–H groups in total. The van der Waals surface area contributed by atoms with Gasteiger partial charge in [0.2, 0.25) is 0 Å². The van der Waals surface area contributed by atoms with Crippen LogP contribution in [0.3, 0.4) is 0 Å². The number of thiocarbonyl (C=S) groups is 1. The number of ether oxygens (including phenoxy) is 2. The molecular weight excluding hydrogens is 400 g/mol. The van der Waals surface area contributed by atoms with Gasteiger partial charge >= 0.3 is 0 Å². The van der Waals surface area contributed by atoms with Gasteiger partial charge in [-0.15, -0.1) is 0 Å². The van der Waals surface area contributed by atoms with Gasteiger partial charge in [0.05, 0.1) is 7.11 Å². The average Bonchev–Trinajstić information content (AvgIpc) is 2.76. The molecule has 0 aliphatic rings. The molecule has 3 rings (SSSR count). The predicted octanol–water partition coefficient (Wildman–Crippen LogP) is 4.36. The van der Waals surface area contributed by atoms with E-state index in [4.69, 9.17) is 21.7 Å². The first-order chi connectivity index (χ1) is 14.5. The van der Waals surface area contributed by atoms with E-state index < -0.39 is 0 Å². The highest BCUT2D eigenvalue weighted by atomic mass is 32.1. The second-order valence-electron chi connectivity index (χ2n) is 6.34. The van der Waals surface area contributed by atoms with Crippen molar-refractivity contribution in [1.29, 1.82) is 0 Å². The number of hydrogen-bond donors (Lipinski definition) is 3. The molecule has 0 saturated carbocycles. The van der Waals surface area contributed by atoms with E-state index in [1.807, 2.05) is 49.4 Å². The number of aromatic nitrogens is 1. The summed E-state index contributed by atoms with van der Waals surface area (Å²) in [6.45, 7) is 1.95. The number of carbonyl (C=O) groups excluding carboxylic acids is 1. The van der Waals surface area contributed by atoms with Crippen molar-refractivity contribution >= 4 is 34.6 Å². The number of anilines is 2. The number of amides is 1. The number of aryl methyl sites for hydroxylation is 1. The number of benzene rings is 2. The first kappa shape index (κ1) is 21.1. The Morgan fingerprint density at radius 1 is 0.967 bits per heavy atom. The lowest BCUT2D eigenvalue weighted by Gasteiger charge is -2.14. The van der Waals surface area contributed by atoms with E-state index in [0.29, 0.717) is 22.3 Å². The van der Waals surface area contributed by atoms with Gasteiger partial charge in [0, 0.05) is 30.7 Å². The van der Waals surface area contributed by atoms with Gasteiger partial charge in [-0.3, -0.25) is 9.78 Å². The Balaban J connectivity index is 1.64. The zero-order valence-electron chi connectivity index (χ0n) is 16.9. The second kappa shape index (κ2) is 9.71. The van der Waals surface area contributed by atoms with Crippen LogP contribution in [0, 0.1) is 6.92 Å². The van der Waals surface area contributed by atoms with E-state index in [2.05, 4.69) is 20.9 Å². The molecule has 1 heterocycles. The molecule has 0 unspecified atom stereocenters. The maximum Gasteiger partial charge on any atom is 0.269 e. The van der Waals surface area contributed by atoms with Crippen LogP contribution in [0.2, 0.25) is 0 Å². The summed E-state index contributed by atoms with van der Waals surface area (Å²) in [5, 5.41) is 9.33. The fourth-order valence-corrected chi connectivity index (χ4v) is 2.89. The van der Waals surface area contributed by atoms with Gasteiger partial charge in [0.25, 0.3) is 5.91 Å².